The molecule has 1 unspecified atom stereocenters. The van der Waals surface area contributed by atoms with Crippen molar-refractivity contribution in [2.45, 2.75) is 12.5 Å². The lowest BCUT2D eigenvalue weighted by Gasteiger charge is -2.38. The van der Waals surface area contributed by atoms with Gasteiger partial charge in [0.25, 0.3) is 11.8 Å². The summed E-state index contributed by atoms with van der Waals surface area (Å²) in [6, 6.07) is 7.12. The van der Waals surface area contributed by atoms with Gasteiger partial charge < -0.3 is 15.4 Å². The number of carbonyl (C=O) groups excluding carboxylic acids is 2. The maximum Gasteiger partial charge on any atom is 0.254 e. The van der Waals surface area contributed by atoms with Crippen LogP contribution in [0, 0.1) is 0 Å². The molecule has 1 fully saturated rings. The van der Waals surface area contributed by atoms with Gasteiger partial charge in [-0.2, -0.15) is 0 Å². The maximum atomic E-state index is 12.7. The molecule has 2 heterocycles. The second-order valence-corrected chi connectivity index (χ2v) is 5.59. The Labute approximate surface area is 132 Å². The van der Waals surface area contributed by atoms with Gasteiger partial charge in [0, 0.05) is 17.8 Å². The largest absolute Gasteiger partial charge is 0.367 e. The number of benzene rings is 1. The Balaban J connectivity index is 1.83. The van der Waals surface area contributed by atoms with Crippen molar-refractivity contribution in [3.8, 4) is 5.69 Å². The van der Waals surface area contributed by atoms with E-state index in [1.54, 1.807) is 47.2 Å². The number of nitrogens with zero attached hydrogens (tertiary/aromatic N) is 4. The van der Waals surface area contributed by atoms with Crippen molar-refractivity contribution in [3.63, 3.8) is 0 Å². The zero-order chi connectivity index (χ0) is 16.4. The summed E-state index contributed by atoms with van der Waals surface area (Å²) in [7, 11) is 0. The SMILES string of the molecule is CC1(C(N)=O)CN(C(=O)c2cccc(-n3cnnc3)c2)CCO1. The summed E-state index contributed by atoms with van der Waals surface area (Å²) < 4.78 is 7.15. The zero-order valence-electron chi connectivity index (χ0n) is 12.7. The second kappa shape index (κ2) is 5.81. The third-order valence-electron chi connectivity index (χ3n) is 3.89. The highest BCUT2D eigenvalue weighted by Crippen LogP contribution is 2.20. The fourth-order valence-electron chi connectivity index (χ4n) is 2.51. The van der Waals surface area contributed by atoms with E-state index in [0.29, 0.717) is 12.1 Å². The molecule has 2 aromatic rings. The molecule has 1 saturated heterocycles. The molecule has 2 amide bonds. The molecule has 0 bridgehead atoms. The first-order valence-corrected chi connectivity index (χ1v) is 7.18. The highest BCUT2D eigenvalue weighted by molar-refractivity contribution is 5.95. The van der Waals surface area contributed by atoms with Gasteiger partial charge >= 0.3 is 0 Å². The Bertz CT molecular complexity index is 730. The van der Waals surface area contributed by atoms with Crippen LogP contribution in [0.4, 0.5) is 0 Å². The van der Waals surface area contributed by atoms with Crippen molar-refractivity contribution in [3.05, 3.63) is 42.5 Å². The van der Waals surface area contributed by atoms with Gasteiger partial charge in [0.05, 0.1) is 13.2 Å². The van der Waals surface area contributed by atoms with Crippen LogP contribution in [0.1, 0.15) is 17.3 Å². The van der Waals surface area contributed by atoms with Crippen LogP contribution in [0.15, 0.2) is 36.9 Å². The van der Waals surface area contributed by atoms with E-state index in [1.165, 1.54) is 0 Å². The van der Waals surface area contributed by atoms with Gasteiger partial charge in [0.1, 0.15) is 12.7 Å². The van der Waals surface area contributed by atoms with Gasteiger partial charge in [0.15, 0.2) is 5.60 Å². The second-order valence-electron chi connectivity index (χ2n) is 5.59. The van der Waals surface area contributed by atoms with Crippen molar-refractivity contribution < 1.29 is 14.3 Å². The van der Waals surface area contributed by atoms with Gasteiger partial charge in [-0.1, -0.05) is 6.07 Å². The third kappa shape index (κ3) is 2.93. The summed E-state index contributed by atoms with van der Waals surface area (Å²) >= 11 is 0. The number of rotatable bonds is 3. The van der Waals surface area contributed by atoms with Crippen LogP contribution in [-0.2, 0) is 9.53 Å². The summed E-state index contributed by atoms with van der Waals surface area (Å²) in [6.07, 6.45) is 3.12. The number of carbonyl (C=O) groups is 2. The van der Waals surface area contributed by atoms with E-state index in [-0.39, 0.29) is 19.1 Å². The molecule has 1 aromatic heterocycles. The maximum absolute atomic E-state index is 12.7. The van der Waals surface area contributed by atoms with Gasteiger partial charge in [-0.15, -0.1) is 10.2 Å². The number of primary amides is 1. The van der Waals surface area contributed by atoms with Gasteiger partial charge in [0.2, 0.25) is 0 Å². The number of aromatic nitrogens is 3. The van der Waals surface area contributed by atoms with Gasteiger partial charge in [-0.25, -0.2) is 0 Å². The summed E-state index contributed by atoms with van der Waals surface area (Å²) in [5.41, 5.74) is 5.52. The average Bonchev–Trinajstić information content (AvgIpc) is 3.09. The standard InChI is InChI=1S/C15H17N5O3/c1-15(14(16)22)8-19(5-6-23-15)13(21)11-3-2-4-12(7-11)20-9-17-18-10-20/h2-4,7,9-10H,5-6,8H2,1H3,(H2,16,22). The lowest BCUT2D eigenvalue weighted by atomic mass is 10.0. The van der Waals surface area contributed by atoms with E-state index in [0.717, 1.165) is 5.69 Å². The minimum atomic E-state index is -1.15. The van der Waals surface area contributed by atoms with Crippen LogP contribution < -0.4 is 5.73 Å². The Kier molecular flexibility index (Phi) is 3.83. The summed E-state index contributed by atoms with van der Waals surface area (Å²) in [5.74, 6) is -0.746. The number of nitrogens with two attached hydrogens (primary N) is 1. The van der Waals surface area contributed by atoms with E-state index < -0.39 is 11.5 Å². The fraction of sp³-hybridized carbons (Fsp3) is 0.333. The smallest absolute Gasteiger partial charge is 0.254 e. The molecule has 23 heavy (non-hydrogen) atoms. The molecule has 1 aliphatic rings. The highest BCUT2D eigenvalue weighted by Gasteiger charge is 2.39. The van der Waals surface area contributed by atoms with Gasteiger partial charge in [-0.3, -0.25) is 14.2 Å². The van der Waals surface area contributed by atoms with E-state index in [1.807, 2.05) is 6.07 Å². The molecule has 0 saturated carbocycles. The fourth-order valence-corrected chi connectivity index (χ4v) is 2.51. The number of amides is 2. The van der Waals surface area contributed by atoms with Crippen molar-refractivity contribution in [1.82, 2.24) is 19.7 Å². The predicted molar refractivity (Wildman–Crippen MR) is 80.8 cm³/mol. The Morgan fingerprint density at radius 2 is 2.04 bits per heavy atom. The van der Waals surface area contributed by atoms with E-state index >= 15 is 0 Å². The summed E-state index contributed by atoms with van der Waals surface area (Å²) in [5, 5.41) is 7.50. The van der Waals surface area contributed by atoms with Crippen LogP contribution in [-0.4, -0.2) is 56.8 Å². The molecule has 8 heteroatoms. The topological polar surface area (TPSA) is 103 Å². The molecule has 8 nitrogen and oxygen atoms in total. The molecule has 1 aliphatic heterocycles. The Morgan fingerprint density at radius 3 is 2.74 bits per heavy atom. The number of hydrogen-bond acceptors (Lipinski definition) is 5. The summed E-state index contributed by atoms with van der Waals surface area (Å²) in [6.45, 7) is 2.43. The number of hydrogen-bond donors (Lipinski definition) is 1. The molecular weight excluding hydrogens is 298 g/mol. The van der Waals surface area contributed by atoms with Crippen LogP contribution in [0.5, 0.6) is 0 Å². The molecular formula is C15H17N5O3. The van der Waals surface area contributed by atoms with Crippen molar-refractivity contribution >= 4 is 11.8 Å². The van der Waals surface area contributed by atoms with Crippen LogP contribution in [0.3, 0.4) is 0 Å². The molecule has 0 radical (unpaired) electrons. The van der Waals surface area contributed by atoms with Crippen LogP contribution in [0.25, 0.3) is 5.69 Å². The predicted octanol–water partition coefficient (Wildman–Crippen LogP) is -0.0163. The third-order valence-corrected chi connectivity index (χ3v) is 3.89. The van der Waals surface area contributed by atoms with E-state index in [9.17, 15) is 9.59 Å². The summed E-state index contributed by atoms with van der Waals surface area (Å²) in [4.78, 5) is 25.8. The molecule has 1 atom stereocenters. The number of ether oxygens (including phenoxy) is 1. The normalized spacial score (nSPS) is 21.2. The molecule has 0 aliphatic carbocycles. The van der Waals surface area contributed by atoms with Crippen molar-refractivity contribution in [2.75, 3.05) is 19.7 Å². The first-order valence-electron chi connectivity index (χ1n) is 7.18. The minimum Gasteiger partial charge on any atom is -0.367 e. The van der Waals surface area contributed by atoms with Gasteiger partial charge in [-0.05, 0) is 25.1 Å². The highest BCUT2D eigenvalue weighted by atomic mass is 16.5. The van der Waals surface area contributed by atoms with Crippen molar-refractivity contribution in [2.24, 2.45) is 5.73 Å². The van der Waals surface area contributed by atoms with Crippen LogP contribution >= 0.6 is 0 Å². The minimum absolute atomic E-state index is 0.137. The molecule has 3 rings (SSSR count). The molecule has 1 aromatic carbocycles. The van der Waals surface area contributed by atoms with E-state index in [4.69, 9.17) is 10.5 Å². The Morgan fingerprint density at radius 1 is 1.30 bits per heavy atom. The average molecular weight is 315 g/mol. The lowest BCUT2D eigenvalue weighted by Crippen LogP contribution is -2.58. The monoisotopic (exact) mass is 315 g/mol. The zero-order valence-corrected chi connectivity index (χ0v) is 12.7. The molecule has 2 N–H and O–H groups in total. The quantitative estimate of drug-likeness (QED) is 0.857. The lowest BCUT2D eigenvalue weighted by molar-refractivity contribution is -0.150. The molecule has 0 spiro atoms. The molecule has 120 valence electrons. The van der Waals surface area contributed by atoms with Crippen LogP contribution in [0.2, 0.25) is 0 Å². The first-order chi connectivity index (χ1) is 11.0. The van der Waals surface area contributed by atoms with E-state index in [2.05, 4.69) is 10.2 Å². The van der Waals surface area contributed by atoms with Crippen molar-refractivity contribution in [1.29, 1.82) is 0 Å². The number of morpholine rings is 1. The first kappa shape index (κ1) is 15.2. The Hall–Kier alpha value is -2.74.